The number of carbonyl (C=O) groups is 1. The van der Waals surface area contributed by atoms with Crippen LogP contribution in [0.3, 0.4) is 0 Å². The molecule has 0 spiro atoms. The minimum Gasteiger partial charge on any atom is -0.325 e. The minimum absolute atomic E-state index is 0.243. The molecule has 0 aliphatic heterocycles. The van der Waals surface area contributed by atoms with E-state index in [9.17, 15) is 13.2 Å². The Labute approximate surface area is 121 Å². The first-order valence-electron chi connectivity index (χ1n) is 5.84. The van der Waals surface area contributed by atoms with Gasteiger partial charge in [-0.05, 0) is 31.2 Å². The fourth-order valence-corrected chi connectivity index (χ4v) is 3.99. The summed E-state index contributed by atoms with van der Waals surface area (Å²) in [6, 6.07) is 9.96. The van der Waals surface area contributed by atoms with Gasteiger partial charge >= 0.3 is 0 Å². The Kier molecular flexibility index (Phi) is 4.10. The molecule has 2 rings (SSSR count). The van der Waals surface area contributed by atoms with Gasteiger partial charge in [0.05, 0.1) is 11.4 Å². The highest BCUT2D eigenvalue weighted by Gasteiger charge is 2.17. The minimum atomic E-state index is -3.63. The van der Waals surface area contributed by atoms with E-state index in [0.717, 1.165) is 4.88 Å². The molecule has 0 bridgehead atoms. The van der Waals surface area contributed by atoms with Crippen LogP contribution in [-0.2, 0) is 14.8 Å². The molecule has 0 radical (unpaired) electrons. The second-order valence-electron chi connectivity index (χ2n) is 4.20. The molecule has 0 fully saturated rings. The summed E-state index contributed by atoms with van der Waals surface area (Å²) >= 11 is 1.20. The van der Waals surface area contributed by atoms with Crippen molar-refractivity contribution in [2.75, 3.05) is 10.0 Å². The highest BCUT2D eigenvalue weighted by Crippen LogP contribution is 2.27. The van der Waals surface area contributed by atoms with Gasteiger partial charge in [0.25, 0.3) is 10.0 Å². The second-order valence-corrected chi connectivity index (χ2v) is 7.39. The van der Waals surface area contributed by atoms with Crippen molar-refractivity contribution in [2.24, 2.45) is 0 Å². The fraction of sp³-hybridized carbons (Fsp3) is 0.154. The Morgan fingerprint density at radius 2 is 1.75 bits per heavy atom. The molecule has 2 aromatic rings. The van der Waals surface area contributed by atoms with E-state index in [1.807, 2.05) is 6.92 Å². The Balaban J connectivity index is 2.32. The number of benzene rings is 1. The van der Waals surface area contributed by atoms with Crippen LogP contribution >= 0.6 is 11.3 Å². The summed E-state index contributed by atoms with van der Waals surface area (Å²) in [5.74, 6) is -0.261. The first-order chi connectivity index (χ1) is 9.38. The third-order valence-corrected chi connectivity index (χ3v) is 5.32. The van der Waals surface area contributed by atoms with Crippen molar-refractivity contribution < 1.29 is 13.2 Å². The van der Waals surface area contributed by atoms with E-state index in [-0.39, 0.29) is 10.1 Å². The zero-order valence-electron chi connectivity index (χ0n) is 11.0. The Morgan fingerprint density at radius 3 is 2.30 bits per heavy atom. The van der Waals surface area contributed by atoms with Crippen LogP contribution in [0.15, 0.2) is 40.6 Å². The molecule has 1 amide bonds. The van der Waals surface area contributed by atoms with E-state index in [2.05, 4.69) is 10.0 Å². The quantitative estimate of drug-likeness (QED) is 0.912. The number of sulfonamides is 1. The highest BCUT2D eigenvalue weighted by atomic mass is 32.2. The van der Waals surface area contributed by atoms with E-state index < -0.39 is 10.0 Å². The van der Waals surface area contributed by atoms with Crippen LogP contribution in [0.4, 0.5) is 11.4 Å². The van der Waals surface area contributed by atoms with Crippen LogP contribution in [0, 0.1) is 6.92 Å². The lowest BCUT2D eigenvalue weighted by molar-refractivity contribution is -0.114. The normalized spacial score (nSPS) is 11.1. The molecule has 2 N–H and O–H groups in total. The van der Waals surface area contributed by atoms with Gasteiger partial charge in [0.2, 0.25) is 5.91 Å². The number of aryl methyl sites for hydroxylation is 1. The van der Waals surface area contributed by atoms with E-state index in [1.54, 1.807) is 36.4 Å². The van der Waals surface area contributed by atoms with Crippen molar-refractivity contribution in [2.45, 2.75) is 18.1 Å². The zero-order chi connectivity index (χ0) is 14.8. The number of hydrogen-bond donors (Lipinski definition) is 2. The van der Waals surface area contributed by atoms with Gasteiger partial charge in [0.1, 0.15) is 4.21 Å². The van der Waals surface area contributed by atoms with Crippen molar-refractivity contribution in [3.8, 4) is 0 Å². The molecule has 5 nitrogen and oxygen atoms in total. The number of thiophene rings is 1. The van der Waals surface area contributed by atoms with Gasteiger partial charge in [0, 0.05) is 11.8 Å². The summed E-state index contributed by atoms with van der Waals surface area (Å²) < 4.78 is 27.2. The van der Waals surface area contributed by atoms with E-state index >= 15 is 0 Å². The number of carbonyl (C=O) groups excluding carboxylic acids is 1. The number of para-hydroxylation sites is 2. The Hall–Kier alpha value is -1.86. The average Bonchev–Trinajstić information content (AvgIpc) is 2.78. The second kappa shape index (κ2) is 5.64. The van der Waals surface area contributed by atoms with Gasteiger partial charge in [-0.1, -0.05) is 12.1 Å². The lowest BCUT2D eigenvalue weighted by atomic mass is 10.3. The smallest absolute Gasteiger partial charge is 0.271 e. The van der Waals surface area contributed by atoms with Crippen molar-refractivity contribution in [1.29, 1.82) is 0 Å². The topological polar surface area (TPSA) is 75.3 Å². The first-order valence-corrected chi connectivity index (χ1v) is 8.14. The van der Waals surface area contributed by atoms with Crippen LogP contribution in [-0.4, -0.2) is 14.3 Å². The van der Waals surface area contributed by atoms with E-state index in [4.69, 9.17) is 0 Å². The van der Waals surface area contributed by atoms with Crippen LogP contribution < -0.4 is 10.0 Å². The summed E-state index contributed by atoms with van der Waals surface area (Å²) in [5, 5.41) is 2.59. The SMILES string of the molecule is CC(=O)Nc1ccccc1NS(=O)(=O)c1ccc(C)s1. The summed E-state index contributed by atoms with van der Waals surface area (Å²) in [6.07, 6.45) is 0. The molecular formula is C13H14N2O3S2. The molecule has 20 heavy (non-hydrogen) atoms. The zero-order valence-corrected chi connectivity index (χ0v) is 12.6. The van der Waals surface area contributed by atoms with Gasteiger partial charge in [-0.25, -0.2) is 8.42 Å². The molecule has 0 unspecified atom stereocenters. The first kappa shape index (κ1) is 14.5. The van der Waals surface area contributed by atoms with Crippen molar-refractivity contribution >= 4 is 38.6 Å². The largest absolute Gasteiger partial charge is 0.325 e. The summed E-state index contributed by atoms with van der Waals surface area (Å²) in [4.78, 5) is 12.0. The maximum Gasteiger partial charge on any atom is 0.271 e. The van der Waals surface area contributed by atoms with Crippen LogP contribution in [0.2, 0.25) is 0 Å². The summed E-state index contributed by atoms with van der Waals surface area (Å²) in [5.41, 5.74) is 0.769. The van der Waals surface area contributed by atoms with E-state index in [0.29, 0.717) is 11.4 Å². The number of hydrogen-bond acceptors (Lipinski definition) is 4. The maximum atomic E-state index is 12.2. The predicted molar refractivity (Wildman–Crippen MR) is 80.6 cm³/mol. The van der Waals surface area contributed by atoms with Crippen molar-refractivity contribution in [1.82, 2.24) is 0 Å². The molecular weight excluding hydrogens is 296 g/mol. The monoisotopic (exact) mass is 310 g/mol. The molecule has 106 valence electrons. The van der Waals surface area contributed by atoms with Crippen LogP contribution in [0.5, 0.6) is 0 Å². The van der Waals surface area contributed by atoms with Crippen LogP contribution in [0.1, 0.15) is 11.8 Å². The maximum absolute atomic E-state index is 12.2. The third-order valence-electron chi connectivity index (χ3n) is 2.46. The molecule has 1 aromatic carbocycles. The van der Waals surface area contributed by atoms with E-state index in [1.165, 1.54) is 18.3 Å². The molecule has 0 aliphatic rings. The number of rotatable bonds is 4. The average molecular weight is 310 g/mol. The van der Waals surface area contributed by atoms with Gasteiger partial charge < -0.3 is 5.32 Å². The lowest BCUT2D eigenvalue weighted by Crippen LogP contribution is -2.14. The molecule has 0 aliphatic carbocycles. The molecule has 1 aromatic heterocycles. The Bertz CT molecular complexity index is 736. The van der Waals surface area contributed by atoms with Gasteiger partial charge in [0.15, 0.2) is 0 Å². The van der Waals surface area contributed by atoms with Gasteiger partial charge in [-0.3, -0.25) is 9.52 Å². The Morgan fingerprint density at radius 1 is 1.10 bits per heavy atom. The highest BCUT2D eigenvalue weighted by molar-refractivity contribution is 7.94. The van der Waals surface area contributed by atoms with Crippen molar-refractivity contribution in [3.63, 3.8) is 0 Å². The molecule has 0 saturated heterocycles. The summed E-state index contributed by atoms with van der Waals surface area (Å²) in [7, 11) is -3.63. The number of nitrogens with one attached hydrogen (secondary N) is 2. The molecule has 0 atom stereocenters. The summed E-state index contributed by atoms with van der Waals surface area (Å²) in [6.45, 7) is 3.21. The van der Waals surface area contributed by atoms with Gasteiger partial charge in [-0.15, -0.1) is 11.3 Å². The van der Waals surface area contributed by atoms with Crippen LogP contribution in [0.25, 0.3) is 0 Å². The third kappa shape index (κ3) is 3.37. The predicted octanol–water partition coefficient (Wildman–Crippen LogP) is 2.82. The molecule has 0 saturated carbocycles. The molecule has 7 heteroatoms. The fourth-order valence-electron chi connectivity index (χ4n) is 1.62. The van der Waals surface area contributed by atoms with Crippen molar-refractivity contribution in [3.05, 3.63) is 41.3 Å². The molecule has 1 heterocycles. The standard InChI is InChI=1S/C13H14N2O3S2/c1-9-7-8-13(19-9)20(17,18)15-12-6-4-3-5-11(12)14-10(2)16/h3-8,15H,1-2H3,(H,14,16). The lowest BCUT2D eigenvalue weighted by Gasteiger charge is -2.11. The number of amides is 1. The number of anilines is 2. The van der Waals surface area contributed by atoms with Gasteiger partial charge in [-0.2, -0.15) is 0 Å².